The van der Waals surface area contributed by atoms with Crippen molar-refractivity contribution in [2.24, 2.45) is 0 Å². The van der Waals surface area contributed by atoms with Gasteiger partial charge in [0.15, 0.2) is 11.6 Å². The van der Waals surface area contributed by atoms with Crippen LogP contribution in [0.25, 0.3) is 0 Å². The maximum atomic E-state index is 12.0. The van der Waals surface area contributed by atoms with E-state index in [1.807, 2.05) is 0 Å². The van der Waals surface area contributed by atoms with Crippen LogP contribution in [0.2, 0.25) is 0 Å². The SMILES string of the molecule is COc1cccc(C(=O)CCC(=O)c2ccccn2)c1. The molecule has 0 aliphatic rings. The number of ketones is 2. The van der Waals surface area contributed by atoms with Crippen LogP contribution in [0, 0.1) is 0 Å². The predicted octanol–water partition coefficient (Wildman–Crippen LogP) is 2.94. The molecule has 0 unspecified atom stereocenters. The van der Waals surface area contributed by atoms with Crippen molar-refractivity contribution in [3.05, 3.63) is 59.9 Å². The maximum Gasteiger partial charge on any atom is 0.181 e. The van der Waals surface area contributed by atoms with Gasteiger partial charge in [0.05, 0.1) is 7.11 Å². The molecule has 0 saturated carbocycles. The molecule has 0 saturated heterocycles. The first-order valence-corrected chi connectivity index (χ1v) is 6.32. The number of nitrogens with zero attached hydrogens (tertiary/aromatic N) is 1. The van der Waals surface area contributed by atoms with Gasteiger partial charge in [-0.1, -0.05) is 18.2 Å². The van der Waals surface area contributed by atoms with Gasteiger partial charge in [-0.3, -0.25) is 14.6 Å². The van der Waals surface area contributed by atoms with Crippen LogP contribution >= 0.6 is 0 Å². The fourth-order valence-corrected chi connectivity index (χ4v) is 1.82. The fraction of sp³-hybridized carbons (Fsp3) is 0.188. The number of pyridine rings is 1. The molecule has 102 valence electrons. The number of benzene rings is 1. The molecule has 0 amide bonds. The van der Waals surface area contributed by atoms with Gasteiger partial charge in [0.2, 0.25) is 0 Å². The minimum absolute atomic E-state index is 0.0758. The highest BCUT2D eigenvalue weighted by atomic mass is 16.5. The van der Waals surface area contributed by atoms with Gasteiger partial charge in [0.1, 0.15) is 11.4 Å². The van der Waals surface area contributed by atoms with Crippen LogP contribution in [0.3, 0.4) is 0 Å². The Kier molecular flexibility index (Phi) is 4.60. The topological polar surface area (TPSA) is 56.3 Å². The number of aromatic nitrogens is 1. The molecule has 20 heavy (non-hydrogen) atoms. The van der Waals surface area contributed by atoms with E-state index in [9.17, 15) is 9.59 Å². The zero-order valence-electron chi connectivity index (χ0n) is 11.2. The van der Waals surface area contributed by atoms with Gasteiger partial charge in [0.25, 0.3) is 0 Å². The normalized spacial score (nSPS) is 10.1. The summed E-state index contributed by atoms with van der Waals surface area (Å²) in [7, 11) is 1.55. The van der Waals surface area contributed by atoms with Crippen LogP contribution in [0.4, 0.5) is 0 Å². The van der Waals surface area contributed by atoms with Gasteiger partial charge in [0, 0.05) is 24.6 Å². The summed E-state index contributed by atoms with van der Waals surface area (Å²) < 4.78 is 5.07. The maximum absolute atomic E-state index is 12.0. The Morgan fingerprint density at radius 3 is 2.55 bits per heavy atom. The molecule has 0 radical (unpaired) electrons. The van der Waals surface area contributed by atoms with Crippen LogP contribution in [0.1, 0.15) is 33.7 Å². The van der Waals surface area contributed by atoms with Gasteiger partial charge in [-0.05, 0) is 24.3 Å². The molecular weight excluding hydrogens is 254 g/mol. The van der Waals surface area contributed by atoms with Crippen molar-refractivity contribution in [3.8, 4) is 5.75 Å². The van der Waals surface area contributed by atoms with Crippen molar-refractivity contribution < 1.29 is 14.3 Å². The number of methoxy groups -OCH3 is 1. The summed E-state index contributed by atoms with van der Waals surface area (Å²) in [5.74, 6) is 0.432. The Hall–Kier alpha value is -2.49. The first-order valence-electron chi connectivity index (χ1n) is 6.32. The third-order valence-electron chi connectivity index (χ3n) is 2.92. The van der Waals surface area contributed by atoms with E-state index in [-0.39, 0.29) is 24.4 Å². The highest BCUT2D eigenvalue weighted by molar-refractivity contribution is 6.01. The van der Waals surface area contributed by atoms with E-state index in [1.54, 1.807) is 55.8 Å². The van der Waals surface area contributed by atoms with Gasteiger partial charge < -0.3 is 4.74 Å². The van der Waals surface area contributed by atoms with E-state index >= 15 is 0 Å². The smallest absolute Gasteiger partial charge is 0.181 e. The molecule has 2 aromatic rings. The zero-order valence-corrected chi connectivity index (χ0v) is 11.2. The summed E-state index contributed by atoms with van der Waals surface area (Å²) in [6, 6.07) is 12.1. The Morgan fingerprint density at radius 1 is 1.05 bits per heavy atom. The first kappa shape index (κ1) is 13.9. The Balaban J connectivity index is 1.97. The second-order valence-electron chi connectivity index (χ2n) is 4.29. The fourth-order valence-electron chi connectivity index (χ4n) is 1.82. The van der Waals surface area contributed by atoms with Crippen LogP contribution in [-0.2, 0) is 0 Å². The van der Waals surface area contributed by atoms with Crippen LogP contribution in [0.5, 0.6) is 5.75 Å². The highest BCUT2D eigenvalue weighted by Crippen LogP contribution is 2.15. The number of carbonyl (C=O) groups excluding carboxylic acids is 2. The Labute approximate surface area is 117 Å². The third kappa shape index (κ3) is 3.51. The van der Waals surface area contributed by atoms with Gasteiger partial charge in [-0.25, -0.2) is 0 Å². The number of rotatable bonds is 6. The Morgan fingerprint density at radius 2 is 1.85 bits per heavy atom. The minimum Gasteiger partial charge on any atom is -0.497 e. The van der Waals surface area contributed by atoms with E-state index in [1.165, 1.54) is 0 Å². The van der Waals surface area contributed by atoms with E-state index < -0.39 is 0 Å². The number of hydrogen-bond donors (Lipinski definition) is 0. The predicted molar refractivity (Wildman–Crippen MR) is 75.1 cm³/mol. The molecule has 0 spiro atoms. The molecule has 0 N–H and O–H groups in total. The monoisotopic (exact) mass is 269 g/mol. The average Bonchev–Trinajstić information content (AvgIpc) is 2.53. The molecule has 4 heteroatoms. The lowest BCUT2D eigenvalue weighted by Gasteiger charge is -2.03. The summed E-state index contributed by atoms with van der Waals surface area (Å²) in [4.78, 5) is 27.9. The lowest BCUT2D eigenvalue weighted by Crippen LogP contribution is -2.06. The van der Waals surface area contributed by atoms with Crippen molar-refractivity contribution in [3.63, 3.8) is 0 Å². The van der Waals surface area contributed by atoms with Gasteiger partial charge in [-0.15, -0.1) is 0 Å². The molecule has 1 aromatic heterocycles. The molecule has 0 aliphatic carbocycles. The summed E-state index contributed by atoms with van der Waals surface area (Å²) in [6.45, 7) is 0. The lowest BCUT2D eigenvalue weighted by atomic mass is 10.0. The third-order valence-corrected chi connectivity index (χ3v) is 2.92. The molecule has 0 atom stereocenters. The van der Waals surface area contributed by atoms with E-state index in [0.29, 0.717) is 17.0 Å². The molecule has 0 fully saturated rings. The first-order chi connectivity index (χ1) is 9.70. The second kappa shape index (κ2) is 6.61. The summed E-state index contributed by atoms with van der Waals surface area (Å²) in [5, 5.41) is 0. The summed E-state index contributed by atoms with van der Waals surface area (Å²) in [6.07, 6.45) is 1.90. The second-order valence-corrected chi connectivity index (χ2v) is 4.29. The standard InChI is InChI=1S/C16H15NO3/c1-20-13-6-4-5-12(11-13)15(18)8-9-16(19)14-7-2-3-10-17-14/h2-7,10-11H,8-9H2,1H3. The molecule has 1 aromatic carbocycles. The number of Topliss-reactive ketones (excluding diaryl/α,β-unsaturated/α-hetero) is 2. The van der Waals surface area contributed by atoms with Gasteiger partial charge in [-0.2, -0.15) is 0 Å². The average molecular weight is 269 g/mol. The molecule has 0 bridgehead atoms. The van der Waals surface area contributed by atoms with Crippen molar-refractivity contribution >= 4 is 11.6 Å². The lowest BCUT2D eigenvalue weighted by molar-refractivity contribution is 0.0915. The van der Waals surface area contributed by atoms with E-state index in [0.717, 1.165) is 0 Å². The molecule has 0 aliphatic heterocycles. The minimum atomic E-state index is -0.123. The molecule has 2 rings (SSSR count). The molecule has 1 heterocycles. The van der Waals surface area contributed by atoms with Crippen molar-refractivity contribution in [1.82, 2.24) is 4.98 Å². The van der Waals surface area contributed by atoms with Crippen LogP contribution in [-0.4, -0.2) is 23.7 Å². The largest absolute Gasteiger partial charge is 0.497 e. The van der Waals surface area contributed by atoms with Crippen LogP contribution in [0.15, 0.2) is 48.7 Å². The van der Waals surface area contributed by atoms with Gasteiger partial charge >= 0.3 is 0 Å². The molecular formula is C16H15NO3. The molecule has 4 nitrogen and oxygen atoms in total. The Bertz CT molecular complexity index is 608. The summed E-state index contributed by atoms with van der Waals surface area (Å²) >= 11 is 0. The van der Waals surface area contributed by atoms with Crippen molar-refractivity contribution in [2.45, 2.75) is 12.8 Å². The quantitative estimate of drug-likeness (QED) is 0.756. The van der Waals surface area contributed by atoms with E-state index in [4.69, 9.17) is 4.74 Å². The number of ether oxygens (including phenoxy) is 1. The number of carbonyl (C=O) groups is 2. The zero-order chi connectivity index (χ0) is 14.4. The van der Waals surface area contributed by atoms with Crippen LogP contribution < -0.4 is 4.74 Å². The number of hydrogen-bond acceptors (Lipinski definition) is 4. The van der Waals surface area contributed by atoms with E-state index in [2.05, 4.69) is 4.98 Å². The van der Waals surface area contributed by atoms with Crippen molar-refractivity contribution in [1.29, 1.82) is 0 Å². The van der Waals surface area contributed by atoms with Crippen molar-refractivity contribution in [2.75, 3.05) is 7.11 Å². The summed E-state index contributed by atoms with van der Waals surface area (Å²) in [5.41, 5.74) is 0.948. The highest BCUT2D eigenvalue weighted by Gasteiger charge is 2.12.